The molecule has 0 aliphatic rings. The number of ether oxygens (including phenoxy) is 3. The van der Waals surface area contributed by atoms with Gasteiger partial charge in [-0.1, -0.05) is 30.3 Å². The molecule has 0 spiro atoms. The average Bonchev–Trinajstić information content (AvgIpc) is 2.72. The minimum Gasteiger partial charge on any atom is -0.494 e. The summed E-state index contributed by atoms with van der Waals surface area (Å²) in [6.45, 7) is 5.45. The minimum atomic E-state index is -1.00. The summed E-state index contributed by atoms with van der Waals surface area (Å²) in [6.07, 6.45) is 0.750. The molecule has 2 aromatic rings. The Bertz CT molecular complexity index is 955. The molecular weight excluding hydrogens is 558 g/mol. The monoisotopic (exact) mass is 583 g/mol. The van der Waals surface area contributed by atoms with Crippen LogP contribution in [-0.2, 0) is 20.9 Å². The van der Waals surface area contributed by atoms with Crippen LogP contribution in [0.4, 0.5) is 4.79 Å². The minimum absolute atomic E-state index is 0.0604. The number of halogens is 2. The van der Waals surface area contributed by atoms with Crippen LogP contribution in [0.2, 0.25) is 0 Å². The van der Waals surface area contributed by atoms with Gasteiger partial charge in [0.25, 0.3) is 5.91 Å². The highest BCUT2D eigenvalue weighted by molar-refractivity contribution is 9.11. The van der Waals surface area contributed by atoms with E-state index >= 15 is 0 Å². The van der Waals surface area contributed by atoms with E-state index < -0.39 is 23.6 Å². The van der Waals surface area contributed by atoms with E-state index in [2.05, 4.69) is 47.7 Å². The second kappa shape index (κ2) is 12.7. The zero-order chi connectivity index (χ0) is 24.4. The SMILES string of the molecule is COc1c(Br)cc(/C=N\NC(=O)[C@H](COCc2ccccc2)NC(=O)OC(C)(C)C)cc1Br. The number of rotatable bonds is 9. The molecule has 0 saturated carbocycles. The van der Waals surface area contributed by atoms with Crippen molar-refractivity contribution < 1.29 is 23.8 Å². The van der Waals surface area contributed by atoms with Crippen molar-refractivity contribution >= 4 is 50.1 Å². The molecule has 0 unspecified atom stereocenters. The quantitative estimate of drug-likeness (QED) is 0.326. The fraction of sp³-hybridized carbons (Fsp3) is 0.348. The molecule has 10 heteroatoms. The molecule has 0 radical (unpaired) electrons. The van der Waals surface area contributed by atoms with Crippen molar-refractivity contribution in [1.82, 2.24) is 10.7 Å². The van der Waals surface area contributed by atoms with E-state index in [0.29, 0.717) is 11.3 Å². The van der Waals surface area contributed by atoms with Crippen molar-refractivity contribution in [2.75, 3.05) is 13.7 Å². The predicted molar refractivity (Wildman–Crippen MR) is 133 cm³/mol. The molecule has 178 valence electrons. The standard InChI is InChI=1S/C23H27Br2N3O5/c1-23(2,3)33-22(30)27-19(14-32-13-15-8-6-5-7-9-15)21(29)28-26-12-16-10-17(24)20(31-4)18(25)11-16/h5-12,19H,13-14H2,1-4H3,(H,27,30)(H,28,29)/b26-12-/t19-/m0/s1. The number of hydrazone groups is 1. The summed E-state index contributed by atoms with van der Waals surface area (Å²) in [5.41, 5.74) is 3.39. The van der Waals surface area contributed by atoms with E-state index in [0.717, 1.165) is 14.5 Å². The highest BCUT2D eigenvalue weighted by Gasteiger charge is 2.24. The highest BCUT2D eigenvalue weighted by atomic mass is 79.9. The summed E-state index contributed by atoms with van der Waals surface area (Å²) in [5, 5.41) is 6.53. The third kappa shape index (κ3) is 9.53. The van der Waals surface area contributed by atoms with Gasteiger partial charge in [0.2, 0.25) is 0 Å². The molecule has 1 atom stereocenters. The maximum Gasteiger partial charge on any atom is 0.408 e. The first-order valence-corrected chi connectivity index (χ1v) is 11.6. The molecule has 2 aromatic carbocycles. The first-order chi connectivity index (χ1) is 15.6. The number of carbonyl (C=O) groups excluding carboxylic acids is 2. The van der Waals surface area contributed by atoms with Gasteiger partial charge in [0.15, 0.2) is 0 Å². The fourth-order valence-corrected chi connectivity index (χ4v) is 4.14. The lowest BCUT2D eigenvalue weighted by Gasteiger charge is -2.22. The fourth-order valence-electron chi connectivity index (χ4n) is 2.60. The number of amides is 2. The largest absolute Gasteiger partial charge is 0.494 e. The van der Waals surface area contributed by atoms with Gasteiger partial charge in [-0.3, -0.25) is 4.79 Å². The molecule has 0 aliphatic carbocycles. The molecule has 8 nitrogen and oxygen atoms in total. The van der Waals surface area contributed by atoms with Crippen molar-refractivity contribution in [3.05, 3.63) is 62.5 Å². The maximum atomic E-state index is 12.7. The molecule has 2 N–H and O–H groups in total. The van der Waals surface area contributed by atoms with Crippen LogP contribution in [0.25, 0.3) is 0 Å². The summed E-state index contributed by atoms with van der Waals surface area (Å²) < 4.78 is 17.6. The molecule has 0 bridgehead atoms. The summed E-state index contributed by atoms with van der Waals surface area (Å²) in [7, 11) is 1.57. The number of benzene rings is 2. The Morgan fingerprint density at radius 1 is 1.12 bits per heavy atom. The Hall–Kier alpha value is -2.43. The molecule has 33 heavy (non-hydrogen) atoms. The van der Waals surface area contributed by atoms with Crippen LogP contribution in [0.5, 0.6) is 5.75 Å². The third-order valence-electron chi connectivity index (χ3n) is 4.02. The second-order valence-electron chi connectivity index (χ2n) is 7.95. The Balaban J connectivity index is 2.03. The average molecular weight is 585 g/mol. The van der Waals surface area contributed by atoms with Gasteiger partial charge in [0.1, 0.15) is 17.4 Å². The Kier molecular flexibility index (Phi) is 10.3. The number of carbonyl (C=O) groups is 2. The first kappa shape index (κ1) is 26.8. The number of nitrogens with zero attached hydrogens (tertiary/aromatic N) is 1. The van der Waals surface area contributed by atoms with Crippen LogP contribution in [0.1, 0.15) is 31.9 Å². The molecular formula is C23H27Br2N3O5. The lowest BCUT2D eigenvalue weighted by Crippen LogP contribution is -2.49. The number of nitrogens with one attached hydrogen (secondary N) is 2. The number of alkyl carbamates (subject to hydrolysis) is 1. The van der Waals surface area contributed by atoms with E-state index in [-0.39, 0.29) is 13.2 Å². The second-order valence-corrected chi connectivity index (χ2v) is 9.66. The Labute approximate surface area is 210 Å². The smallest absolute Gasteiger partial charge is 0.408 e. The summed E-state index contributed by atoms with van der Waals surface area (Å²) in [5.74, 6) is 0.102. The van der Waals surface area contributed by atoms with Gasteiger partial charge in [-0.15, -0.1) is 0 Å². The Morgan fingerprint density at radius 3 is 2.33 bits per heavy atom. The van der Waals surface area contributed by atoms with Crippen molar-refractivity contribution in [3.63, 3.8) is 0 Å². The third-order valence-corrected chi connectivity index (χ3v) is 5.19. The molecule has 0 saturated heterocycles. The molecule has 2 rings (SSSR count). The van der Waals surface area contributed by atoms with Crippen molar-refractivity contribution in [2.24, 2.45) is 5.10 Å². The topological polar surface area (TPSA) is 98.3 Å². The van der Waals surface area contributed by atoms with Gasteiger partial charge in [-0.05, 0) is 75.9 Å². The van der Waals surface area contributed by atoms with Crippen LogP contribution in [0.15, 0.2) is 56.5 Å². The molecule has 0 heterocycles. The number of methoxy groups -OCH3 is 1. The Morgan fingerprint density at radius 2 is 1.76 bits per heavy atom. The van der Waals surface area contributed by atoms with E-state index in [4.69, 9.17) is 14.2 Å². The van der Waals surface area contributed by atoms with E-state index in [1.54, 1.807) is 40.0 Å². The van der Waals surface area contributed by atoms with E-state index in [9.17, 15) is 9.59 Å². The van der Waals surface area contributed by atoms with Gasteiger partial charge < -0.3 is 19.5 Å². The van der Waals surface area contributed by atoms with Crippen molar-refractivity contribution in [1.29, 1.82) is 0 Å². The van der Waals surface area contributed by atoms with Crippen LogP contribution in [-0.4, -0.2) is 43.6 Å². The van der Waals surface area contributed by atoms with Crippen LogP contribution in [0, 0.1) is 0 Å². The van der Waals surface area contributed by atoms with Crippen LogP contribution in [0.3, 0.4) is 0 Å². The van der Waals surface area contributed by atoms with Crippen LogP contribution < -0.4 is 15.5 Å². The van der Waals surface area contributed by atoms with Crippen molar-refractivity contribution in [2.45, 2.75) is 39.0 Å². The molecule has 0 aromatic heterocycles. The van der Waals surface area contributed by atoms with Gasteiger partial charge in [0, 0.05) is 0 Å². The zero-order valence-corrected chi connectivity index (χ0v) is 22.0. The van der Waals surface area contributed by atoms with Gasteiger partial charge in [0.05, 0.1) is 35.5 Å². The van der Waals surface area contributed by atoms with Gasteiger partial charge in [-0.2, -0.15) is 5.10 Å². The molecule has 0 aliphatic heterocycles. The number of hydrogen-bond donors (Lipinski definition) is 2. The van der Waals surface area contributed by atoms with Crippen LogP contribution >= 0.6 is 31.9 Å². The summed E-state index contributed by atoms with van der Waals surface area (Å²) >= 11 is 6.84. The zero-order valence-electron chi connectivity index (χ0n) is 18.9. The number of hydrogen-bond acceptors (Lipinski definition) is 6. The highest BCUT2D eigenvalue weighted by Crippen LogP contribution is 2.33. The normalized spacial score (nSPS) is 12.3. The molecule has 0 fully saturated rings. The first-order valence-electron chi connectivity index (χ1n) is 10.1. The lowest BCUT2D eigenvalue weighted by molar-refractivity contribution is -0.124. The summed E-state index contributed by atoms with van der Waals surface area (Å²) in [4.78, 5) is 24.9. The van der Waals surface area contributed by atoms with Gasteiger partial charge in [-0.25, -0.2) is 10.2 Å². The van der Waals surface area contributed by atoms with Gasteiger partial charge >= 0.3 is 6.09 Å². The van der Waals surface area contributed by atoms with E-state index in [1.807, 2.05) is 30.3 Å². The lowest BCUT2D eigenvalue weighted by atomic mass is 10.2. The predicted octanol–water partition coefficient (Wildman–Crippen LogP) is 4.78. The molecule has 2 amide bonds. The van der Waals surface area contributed by atoms with Crippen molar-refractivity contribution in [3.8, 4) is 5.75 Å². The summed E-state index contributed by atoms with van der Waals surface area (Å²) in [6, 6.07) is 12.1. The maximum absolute atomic E-state index is 12.7. The van der Waals surface area contributed by atoms with E-state index in [1.165, 1.54) is 6.21 Å².